The molecule has 0 aromatic carbocycles. The molecule has 4 rings (SSSR count). The van der Waals surface area contributed by atoms with E-state index >= 15 is 0 Å². The zero-order chi connectivity index (χ0) is 26.0. The summed E-state index contributed by atoms with van der Waals surface area (Å²) in [6.45, 7) is 9.68. The summed E-state index contributed by atoms with van der Waals surface area (Å²) in [6, 6.07) is 3.20. The molecule has 0 atom stereocenters. The van der Waals surface area contributed by atoms with E-state index in [9.17, 15) is 18.0 Å². The van der Waals surface area contributed by atoms with E-state index in [1.165, 1.54) is 51.0 Å². The fourth-order valence-electron chi connectivity index (χ4n) is 4.16. The number of fused-ring (bicyclic) bond motifs is 1. The van der Waals surface area contributed by atoms with Crippen molar-refractivity contribution in [3.05, 3.63) is 24.0 Å². The van der Waals surface area contributed by atoms with E-state index in [-0.39, 0.29) is 23.6 Å². The van der Waals surface area contributed by atoms with Gasteiger partial charge >= 0.3 is 6.18 Å². The van der Waals surface area contributed by atoms with Gasteiger partial charge in [-0.2, -0.15) is 13.2 Å². The Kier molecular flexibility index (Phi) is 10.7. The number of alkyl halides is 3. The van der Waals surface area contributed by atoms with Crippen molar-refractivity contribution in [3.8, 4) is 0 Å². The lowest BCUT2D eigenvalue weighted by atomic mass is 10.0. The normalized spacial score (nSPS) is 17.6. The van der Waals surface area contributed by atoms with Crippen molar-refractivity contribution < 1.29 is 18.0 Å². The number of carbonyl (C=O) groups is 1. The van der Waals surface area contributed by atoms with Crippen LogP contribution in [0.3, 0.4) is 0 Å². The van der Waals surface area contributed by atoms with Crippen LogP contribution in [0.2, 0.25) is 0 Å². The Balaban J connectivity index is 0.000000840. The third-order valence-electron chi connectivity index (χ3n) is 6.47. The van der Waals surface area contributed by atoms with Gasteiger partial charge in [0.05, 0.1) is 11.7 Å². The minimum atomic E-state index is -4.36. The number of unbranched alkanes of at least 4 members (excludes halogenated alkanes) is 1. The van der Waals surface area contributed by atoms with Crippen molar-refractivity contribution in [2.45, 2.75) is 64.6 Å². The molecule has 2 aromatic rings. The number of halogens is 3. The first kappa shape index (κ1) is 28.0. The molecule has 2 fully saturated rings. The highest BCUT2D eigenvalue weighted by Gasteiger charge is 2.27. The molecule has 8 nitrogen and oxygen atoms in total. The number of pyridine rings is 1. The largest absolute Gasteiger partial charge is 0.405 e. The molecular formula is C25H38F3N7O. The highest BCUT2D eigenvalue weighted by molar-refractivity contribution is 5.94. The minimum absolute atomic E-state index is 0.105. The van der Waals surface area contributed by atoms with Gasteiger partial charge in [0, 0.05) is 32.2 Å². The minimum Gasteiger partial charge on any atom is -0.348 e. The third kappa shape index (κ3) is 9.16. The van der Waals surface area contributed by atoms with Crippen molar-refractivity contribution in [3.63, 3.8) is 0 Å². The summed E-state index contributed by atoms with van der Waals surface area (Å²) in [7, 11) is 0. The summed E-state index contributed by atoms with van der Waals surface area (Å²) in [4.78, 5) is 29.8. The molecule has 2 aliphatic rings. The van der Waals surface area contributed by atoms with Crippen molar-refractivity contribution in [1.29, 1.82) is 0 Å². The molecule has 0 unspecified atom stereocenters. The van der Waals surface area contributed by atoms with Gasteiger partial charge in [0.25, 0.3) is 5.91 Å². The first-order valence-corrected chi connectivity index (χ1v) is 13.0. The fraction of sp³-hybridized carbons (Fsp3) is 0.680. The molecule has 2 aliphatic heterocycles. The van der Waals surface area contributed by atoms with Gasteiger partial charge in [0.15, 0.2) is 0 Å². The number of aromatic nitrogens is 3. The van der Waals surface area contributed by atoms with Crippen LogP contribution in [0.15, 0.2) is 18.3 Å². The Labute approximate surface area is 211 Å². The molecule has 36 heavy (non-hydrogen) atoms. The second-order valence-electron chi connectivity index (χ2n) is 9.40. The van der Waals surface area contributed by atoms with Crippen LogP contribution >= 0.6 is 0 Å². The summed E-state index contributed by atoms with van der Waals surface area (Å²) in [5, 5.41) is 5.18. The Morgan fingerprint density at radius 1 is 0.972 bits per heavy atom. The topological polar surface area (TPSA) is 86.3 Å². The SMILES string of the molecule is CCCC.O=C(NC1CCN(CCN2CCCC2)CC1)c1ccc2nc(NCC(F)(F)F)ncc2n1. The third-order valence-corrected chi connectivity index (χ3v) is 6.47. The highest BCUT2D eigenvalue weighted by Crippen LogP contribution is 2.17. The molecule has 1 amide bonds. The second kappa shape index (κ2) is 13.7. The number of anilines is 1. The summed E-state index contributed by atoms with van der Waals surface area (Å²) in [5.41, 5.74) is 0.966. The van der Waals surface area contributed by atoms with Gasteiger partial charge in [-0.3, -0.25) is 4.79 Å². The molecule has 0 aliphatic carbocycles. The average Bonchev–Trinajstić information content (AvgIpc) is 3.40. The molecule has 2 saturated heterocycles. The summed E-state index contributed by atoms with van der Waals surface area (Å²) < 4.78 is 37.0. The zero-order valence-corrected chi connectivity index (χ0v) is 21.3. The van der Waals surface area contributed by atoms with Gasteiger partial charge in [-0.1, -0.05) is 26.7 Å². The van der Waals surface area contributed by atoms with E-state index in [0.29, 0.717) is 11.0 Å². The molecule has 0 spiro atoms. The van der Waals surface area contributed by atoms with E-state index in [0.717, 1.165) is 39.0 Å². The zero-order valence-electron chi connectivity index (χ0n) is 21.3. The number of hydrogen-bond donors (Lipinski definition) is 2. The van der Waals surface area contributed by atoms with E-state index in [1.54, 1.807) is 6.07 Å². The molecular weight excluding hydrogens is 471 g/mol. The predicted molar refractivity (Wildman–Crippen MR) is 135 cm³/mol. The summed E-state index contributed by atoms with van der Waals surface area (Å²) in [5.74, 6) is -0.396. The molecule has 0 saturated carbocycles. The van der Waals surface area contributed by atoms with Gasteiger partial charge in [-0.25, -0.2) is 15.0 Å². The van der Waals surface area contributed by atoms with Crippen molar-refractivity contribution in [2.75, 3.05) is 51.1 Å². The molecule has 200 valence electrons. The monoisotopic (exact) mass is 509 g/mol. The molecule has 4 heterocycles. The quantitative estimate of drug-likeness (QED) is 0.554. The maximum absolute atomic E-state index is 12.6. The Morgan fingerprint density at radius 3 is 2.22 bits per heavy atom. The van der Waals surface area contributed by atoms with Crippen LogP contribution in [-0.4, -0.2) is 88.7 Å². The summed E-state index contributed by atoms with van der Waals surface area (Å²) in [6.07, 6.45) is 4.00. The number of nitrogens with one attached hydrogen (secondary N) is 2. The van der Waals surface area contributed by atoms with Crippen molar-refractivity contribution in [1.82, 2.24) is 30.1 Å². The van der Waals surface area contributed by atoms with Crippen LogP contribution in [-0.2, 0) is 0 Å². The van der Waals surface area contributed by atoms with E-state index < -0.39 is 12.7 Å². The first-order chi connectivity index (χ1) is 17.3. The number of piperidine rings is 1. The molecule has 11 heteroatoms. The standard InChI is InChI=1S/C21H28F3N7O.C4H10/c22-21(23,24)14-26-20-25-13-18-16(29-20)3-4-17(28-18)19(32)27-15-5-9-31(10-6-15)12-11-30-7-1-2-8-30;1-3-4-2/h3-4,13,15H,1-2,5-12,14H2,(H,27,32)(H,25,26,29);3-4H2,1-2H3. The molecule has 0 radical (unpaired) electrons. The fourth-order valence-corrected chi connectivity index (χ4v) is 4.16. The van der Waals surface area contributed by atoms with Crippen LogP contribution in [0.25, 0.3) is 11.0 Å². The van der Waals surface area contributed by atoms with Crippen LogP contribution < -0.4 is 10.6 Å². The predicted octanol–water partition coefficient (Wildman–Crippen LogP) is 4.10. The number of carbonyl (C=O) groups excluding carboxylic acids is 1. The molecule has 2 N–H and O–H groups in total. The first-order valence-electron chi connectivity index (χ1n) is 13.0. The summed E-state index contributed by atoms with van der Waals surface area (Å²) >= 11 is 0. The lowest BCUT2D eigenvalue weighted by Gasteiger charge is -2.33. The lowest BCUT2D eigenvalue weighted by Crippen LogP contribution is -2.46. The van der Waals surface area contributed by atoms with Crippen LogP contribution in [0.4, 0.5) is 19.1 Å². The Bertz CT molecular complexity index is 956. The molecule has 0 bridgehead atoms. The average molecular weight is 510 g/mol. The van der Waals surface area contributed by atoms with E-state index in [1.807, 2.05) is 0 Å². The number of likely N-dealkylation sites (tertiary alicyclic amines) is 2. The van der Waals surface area contributed by atoms with Gasteiger partial charge in [0.2, 0.25) is 5.95 Å². The Hall–Kier alpha value is -2.53. The van der Waals surface area contributed by atoms with Crippen LogP contribution in [0.5, 0.6) is 0 Å². The van der Waals surface area contributed by atoms with E-state index in [4.69, 9.17) is 0 Å². The smallest absolute Gasteiger partial charge is 0.348 e. The maximum Gasteiger partial charge on any atom is 0.405 e. The highest BCUT2D eigenvalue weighted by atomic mass is 19.4. The van der Waals surface area contributed by atoms with Crippen molar-refractivity contribution >= 4 is 22.9 Å². The number of hydrogen-bond acceptors (Lipinski definition) is 7. The number of amides is 1. The van der Waals surface area contributed by atoms with Gasteiger partial charge in [-0.15, -0.1) is 0 Å². The molecule has 2 aromatic heterocycles. The number of rotatable bonds is 8. The van der Waals surface area contributed by atoms with Gasteiger partial charge in [-0.05, 0) is 50.9 Å². The van der Waals surface area contributed by atoms with Crippen LogP contribution in [0.1, 0.15) is 62.9 Å². The lowest BCUT2D eigenvalue weighted by molar-refractivity contribution is -0.115. The van der Waals surface area contributed by atoms with Crippen molar-refractivity contribution in [2.24, 2.45) is 0 Å². The number of nitrogens with zero attached hydrogens (tertiary/aromatic N) is 5. The van der Waals surface area contributed by atoms with Gasteiger partial charge in [0.1, 0.15) is 17.8 Å². The van der Waals surface area contributed by atoms with Crippen LogP contribution in [0, 0.1) is 0 Å². The maximum atomic E-state index is 12.6. The van der Waals surface area contributed by atoms with E-state index in [2.05, 4.69) is 49.2 Å². The second-order valence-corrected chi connectivity index (χ2v) is 9.40. The Morgan fingerprint density at radius 2 is 1.61 bits per heavy atom. The van der Waals surface area contributed by atoms with Gasteiger partial charge < -0.3 is 20.4 Å².